The number of hydrogen-bond acceptors (Lipinski definition) is 4. The highest BCUT2D eigenvalue weighted by Gasteiger charge is 2.39. The van der Waals surface area contributed by atoms with Crippen LogP contribution in [0, 0.1) is 0 Å². The fourth-order valence-corrected chi connectivity index (χ4v) is 3.19. The molecular formula is C14H17NO5S. The summed E-state index contributed by atoms with van der Waals surface area (Å²) in [5.41, 5.74) is 0.294. The number of sulfone groups is 1. The lowest BCUT2D eigenvalue weighted by molar-refractivity contribution is -0.141. The van der Waals surface area contributed by atoms with E-state index < -0.39 is 21.8 Å². The first-order valence-electron chi connectivity index (χ1n) is 6.57. The van der Waals surface area contributed by atoms with Crippen molar-refractivity contribution in [1.29, 1.82) is 0 Å². The Hall–Kier alpha value is -1.89. The van der Waals surface area contributed by atoms with Crippen molar-refractivity contribution in [2.75, 3.05) is 6.26 Å². The summed E-state index contributed by atoms with van der Waals surface area (Å²) in [5.74, 6) is -1.40. The largest absolute Gasteiger partial charge is 0.480 e. The fraction of sp³-hybridized carbons (Fsp3) is 0.429. The van der Waals surface area contributed by atoms with Gasteiger partial charge in [0.1, 0.15) is 6.04 Å². The van der Waals surface area contributed by atoms with Gasteiger partial charge in [-0.05, 0) is 44.0 Å². The van der Waals surface area contributed by atoms with E-state index in [9.17, 15) is 23.1 Å². The smallest absolute Gasteiger partial charge is 0.326 e. The number of nitrogens with zero attached hydrogens (tertiary/aromatic N) is 1. The number of aliphatic carboxylic acids is 1. The molecule has 1 aromatic rings. The van der Waals surface area contributed by atoms with Crippen LogP contribution in [-0.2, 0) is 14.6 Å². The van der Waals surface area contributed by atoms with Gasteiger partial charge in [0.05, 0.1) is 4.90 Å². The minimum absolute atomic E-state index is 0.128. The number of carbonyl (C=O) groups excluding carboxylic acids is 1. The average Bonchev–Trinajstić information content (AvgIpc) is 2.79. The first-order chi connectivity index (χ1) is 9.71. The van der Waals surface area contributed by atoms with Crippen LogP contribution in [0.1, 0.15) is 30.1 Å². The van der Waals surface area contributed by atoms with Crippen LogP contribution in [0.5, 0.6) is 0 Å². The van der Waals surface area contributed by atoms with Gasteiger partial charge >= 0.3 is 5.97 Å². The van der Waals surface area contributed by atoms with E-state index in [0.717, 1.165) is 6.26 Å². The molecule has 2 rings (SSSR count). The lowest BCUT2D eigenvalue weighted by Crippen LogP contribution is -2.43. The zero-order chi connectivity index (χ0) is 15.8. The predicted molar refractivity (Wildman–Crippen MR) is 75.8 cm³/mol. The molecule has 1 amide bonds. The van der Waals surface area contributed by atoms with Crippen molar-refractivity contribution >= 4 is 21.7 Å². The monoisotopic (exact) mass is 311 g/mol. The van der Waals surface area contributed by atoms with Gasteiger partial charge in [-0.15, -0.1) is 0 Å². The van der Waals surface area contributed by atoms with Gasteiger partial charge in [0.25, 0.3) is 5.91 Å². The summed E-state index contributed by atoms with van der Waals surface area (Å²) in [6.45, 7) is 1.81. The summed E-state index contributed by atoms with van der Waals surface area (Å²) in [4.78, 5) is 25.1. The molecule has 0 saturated carbocycles. The molecule has 1 saturated heterocycles. The number of amides is 1. The highest BCUT2D eigenvalue weighted by atomic mass is 32.2. The van der Waals surface area contributed by atoms with Gasteiger partial charge in [-0.2, -0.15) is 0 Å². The molecule has 0 bridgehead atoms. The summed E-state index contributed by atoms with van der Waals surface area (Å²) in [5, 5.41) is 9.17. The molecule has 2 atom stereocenters. The van der Waals surface area contributed by atoms with E-state index in [1.807, 2.05) is 6.92 Å². The first-order valence-corrected chi connectivity index (χ1v) is 8.46. The molecule has 7 heteroatoms. The van der Waals surface area contributed by atoms with Crippen LogP contribution < -0.4 is 0 Å². The maximum atomic E-state index is 12.4. The van der Waals surface area contributed by atoms with Crippen molar-refractivity contribution in [3.8, 4) is 0 Å². The lowest BCUT2D eigenvalue weighted by atomic mass is 10.1. The van der Waals surface area contributed by atoms with E-state index in [-0.39, 0.29) is 16.8 Å². The summed E-state index contributed by atoms with van der Waals surface area (Å²) in [6.07, 6.45) is 2.17. The summed E-state index contributed by atoms with van der Waals surface area (Å²) in [6, 6.07) is 4.60. The van der Waals surface area contributed by atoms with Gasteiger partial charge in [0.15, 0.2) is 9.84 Å². The number of carboxylic acid groups (broad SMARTS) is 1. The van der Waals surface area contributed by atoms with Crippen molar-refractivity contribution in [2.45, 2.75) is 36.7 Å². The number of carboxylic acids is 1. The molecule has 1 fully saturated rings. The minimum Gasteiger partial charge on any atom is -0.480 e. The van der Waals surface area contributed by atoms with E-state index >= 15 is 0 Å². The van der Waals surface area contributed by atoms with Crippen molar-refractivity contribution in [3.63, 3.8) is 0 Å². The van der Waals surface area contributed by atoms with Crippen LogP contribution in [-0.4, -0.2) is 48.6 Å². The van der Waals surface area contributed by atoms with E-state index in [2.05, 4.69) is 0 Å². The molecule has 0 unspecified atom stereocenters. The number of carbonyl (C=O) groups is 2. The van der Waals surface area contributed by atoms with Crippen molar-refractivity contribution in [3.05, 3.63) is 29.8 Å². The van der Waals surface area contributed by atoms with Crippen LogP contribution in [0.4, 0.5) is 0 Å². The normalized spacial score (nSPS) is 22.3. The van der Waals surface area contributed by atoms with Crippen molar-refractivity contribution < 1.29 is 23.1 Å². The van der Waals surface area contributed by atoms with Crippen LogP contribution in [0.25, 0.3) is 0 Å². The minimum atomic E-state index is -3.32. The van der Waals surface area contributed by atoms with Crippen LogP contribution >= 0.6 is 0 Å². The topological polar surface area (TPSA) is 91.8 Å². The van der Waals surface area contributed by atoms with E-state index in [1.54, 1.807) is 0 Å². The highest BCUT2D eigenvalue weighted by molar-refractivity contribution is 7.90. The number of likely N-dealkylation sites (tertiary alicyclic amines) is 1. The third-order valence-electron chi connectivity index (χ3n) is 3.72. The number of benzene rings is 1. The molecule has 0 aliphatic carbocycles. The fourth-order valence-electron chi connectivity index (χ4n) is 2.56. The van der Waals surface area contributed by atoms with Gasteiger partial charge in [-0.3, -0.25) is 4.79 Å². The molecule has 1 aromatic carbocycles. The number of rotatable bonds is 3. The third kappa shape index (κ3) is 3.07. The van der Waals surface area contributed by atoms with Crippen molar-refractivity contribution in [1.82, 2.24) is 4.90 Å². The summed E-state index contributed by atoms with van der Waals surface area (Å²) >= 11 is 0. The van der Waals surface area contributed by atoms with Crippen LogP contribution in [0.3, 0.4) is 0 Å². The van der Waals surface area contributed by atoms with Gasteiger partial charge in [0, 0.05) is 17.9 Å². The Balaban J connectivity index is 2.29. The Labute approximate surface area is 123 Å². The Morgan fingerprint density at radius 2 is 1.76 bits per heavy atom. The Bertz CT molecular complexity index is 665. The van der Waals surface area contributed by atoms with Gasteiger partial charge in [-0.1, -0.05) is 0 Å². The van der Waals surface area contributed by atoms with E-state index in [1.165, 1.54) is 29.2 Å². The van der Waals surface area contributed by atoms with Crippen LogP contribution in [0.2, 0.25) is 0 Å². The average molecular weight is 311 g/mol. The second kappa shape index (κ2) is 5.48. The molecular weight excluding hydrogens is 294 g/mol. The molecule has 0 spiro atoms. The number of hydrogen-bond donors (Lipinski definition) is 1. The third-order valence-corrected chi connectivity index (χ3v) is 4.85. The molecule has 1 aliphatic rings. The molecule has 1 heterocycles. The summed E-state index contributed by atoms with van der Waals surface area (Å²) in [7, 11) is -3.32. The lowest BCUT2D eigenvalue weighted by Gasteiger charge is -2.26. The highest BCUT2D eigenvalue weighted by Crippen LogP contribution is 2.26. The van der Waals surface area contributed by atoms with Gasteiger partial charge in [0.2, 0.25) is 0 Å². The standard InChI is InChI=1S/C14H17NO5S/c1-9-3-8-12(14(17)18)15(9)13(16)10-4-6-11(7-5-10)21(2,19)20/h4-7,9,12H,3,8H2,1-2H3,(H,17,18)/t9-,12-/m1/s1. The zero-order valence-corrected chi connectivity index (χ0v) is 12.6. The van der Waals surface area contributed by atoms with Gasteiger partial charge in [-0.25, -0.2) is 13.2 Å². The van der Waals surface area contributed by atoms with E-state index in [4.69, 9.17) is 0 Å². The Morgan fingerprint density at radius 1 is 1.19 bits per heavy atom. The zero-order valence-electron chi connectivity index (χ0n) is 11.8. The maximum absolute atomic E-state index is 12.4. The second-order valence-electron chi connectivity index (χ2n) is 5.29. The first kappa shape index (κ1) is 15.5. The second-order valence-corrected chi connectivity index (χ2v) is 7.31. The summed E-state index contributed by atoms with van der Waals surface area (Å²) < 4.78 is 22.8. The van der Waals surface area contributed by atoms with E-state index in [0.29, 0.717) is 18.4 Å². The Morgan fingerprint density at radius 3 is 2.24 bits per heavy atom. The molecule has 1 aliphatic heterocycles. The quantitative estimate of drug-likeness (QED) is 0.904. The molecule has 0 radical (unpaired) electrons. The predicted octanol–water partition coefficient (Wildman–Crippen LogP) is 1.17. The molecule has 0 aromatic heterocycles. The molecule has 114 valence electrons. The van der Waals surface area contributed by atoms with Crippen molar-refractivity contribution in [2.24, 2.45) is 0 Å². The Kier molecular flexibility index (Phi) is 4.04. The molecule has 6 nitrogen and oxygen atoms in total. The molecule has 21 heavy (non-hydrogen) atoms. The SMILES string of the molecule is C[C@@H]1CC[C@H](C(=O)O)N1C(=O)c1ccc(S(C)(=O)=O)cc1. The molecule has 1 N–H and O–H groups in total. The van der Waals surface area contributed by atoms with Gasteiger partial charge < -0.3 is 10.0 Å². The van der Waals surface area contributed by atoms with Crippen LogP contribution in [0.15, 0.2) is 29.2 Å². The maximum Gasteiger partial charge on any atom is 0.326 e.